The van der Waals surface area contributed by atoms with E-state index in [0.29, 0.717) is 29.4 Å². The van der Waals surface area contributed by atoms with Gasteiger partial charge in [-0.15, -0.1) is 0 Å². The Morgan fingerprint density at radius 1 is 1.45 bits per heavy atom. The molecule has 0 saturated carbocycles. The van der Waals surface area contributed by atoms with Gasteiger partial charge in [-0.1, -0.05) is 12.2 Å². The Balaban J connectivity index is 2.19. The number of nitrogens with one attached hydrogen (secondary N) is 1. The van der Waals surface area contributed by atoms with Crippen LogP contribution in [0.15, 0.2) is 4.42 Å². The minimum absolute atomic E-state index is 0.233. The van der Waals surface area contributed by atoms with Crippen molar-refractivity contribution in [3.05, 3.63) is 17.3 Å². The van der Waals surface area contributed by atoms with Crippen molar-refractivity contribution in [2.24, 2.45) is 5.73 Å². The fraction of sp³-hybridized carbons (Fsp3) is 0.615. The highest BCUT2D eigenvalue weighted by Gasteiger charge is 2.39. The Morgan fingerprint density at radius 2 is 2.05 bits per heavy atom. The number of aromatic nitrogens is 1. The van der Waals surface area contributed by atoms with Crippen LogP contribution in [0.1, 0.15) is 35.0 Å². The van der Waals surface area contributed by atoms with Gasteiger partial charge in [-0.3, -0.25) is 4.79 Å². The van der Waals surface area contributed by atoms with E-state index in [0.717, 1.165) is 13.1 Å². The summed E-state index contributed by atoms with van der Waals surface area (Å²) in [4.78, 5) is 19.0. The number of amides is 1. The molecule has 2 heterocycles. The van der Waals surface area contributed by atoms with Crippen LogP contribution in [0, 0.1) is 13.8 Å². The molecule has 1 aromatic rings. The first-order valence-corrected chi connectivity index (χ1v) is 7.00. The summed E-state index contributed by atoms with van der Waals surface area (Å²) >= 11 is 5.17. The molecule has 1 aliphatic rings. The van der Waals surface area contributed by atoms with Gasteiger partial charge >= 0.3 is 0 Å². The summed E-state index contributed by atoms with van der Waals surface area (Å²) in [6.07, 6.45) is 1.41. The van der Waals surface area contributed by atoms with E-state index >= 15 is 0 Å². The van der Waals surface area contributed by atoms with Gasteiger partial charge in [0.25, 0.3) is 5.91 Å². The lowest BCUT2D eigenvalue weighted by molar-refractivity contribution is 0.0860. The maximum absolute atomic E-state index is 12.4. The maximum Gasteiger partial charge on any atom is 0.289 e. The summed E-state index contributed by atoms with van der Waals surface area (Å²) in [7, 11) is 2.04. The van der Waals surface area contributed by atoms with Crippen molar-refractivity contribution in [3.8, 4) is 0 Å². The van der Waals surface area contributed by atoms with Crippen LogP contribution in [-0.2, 0) is 0 Å². The van der Waals surface area contributed by atoms with Gasteiger partial charge in [-0.25, -0.2) is 4.98 Å². The van der Waals surface area contributed by atoms with Crippen LogP contribution in [-0.4, -0.2) is 46.5 Å². The Kier molecular flexibility index (Phi) is 4.10. The van der Waals surface area contributed by atoms with Crippen LogP contribution in [0.3, 0.4) is 0 Å². The number of hydrogen-bond acceptors (Lipinski definition) is 5. The van der Waals surface area contributed by atoms with E-state index in [1.165, 1.54) is 0 Å². The van der Waals surface area contributed by atoms with Gasteiger partial charge in [0.1, 0.15) is 0 Å². The van der Waals surface area contributed by atoms with Crippen LogP contribution < -0.4 is 11.1 Å². The summed E-state index contributed by atoms with van der Waals surface area (Å²) in [5.41, 5.74) is 5.81. The molecule has 110 valence electrons. The number of rotatable bonds is 3. The molecule has 2 rings (SSSR count). The zero-order valence-corrected chi connectivity index (χ0v) is 12.8. The summed E-state index contributed by atoms with van der Waals surface area (Å²) in [6.45, 7) is 5.13. The highest BCUT2D eigenvalue weighted by atomic mass is 32.1. The fourth-order valence-electron chi connectivity index (χ4n) is 2.45. The SMILES string of the molecule is Cc1nc(C)c(C(=O)NC2(C(N)=S)CCN(C)CC2)o1. The Bertz CT molecular complexity index is 532. The number of carbonyl (C=O) groups excluding carboxylic acids is 1. The van der Waals surface area contributed by atoms with Gasteiger partial charge in [-0.05, 0) is 26.8 Å². The quantitative estimate of drug-likeness (QED) is 0.802. The third-order valence-electron chi connectivity index (χ3n) is 3.77. The molecular formula is C13H20N4O2S. The van der Waals surface area contributed by atoms with E-state index in [1.807, 2.05) is 7.05 Å². The zero-order chi connectivity index (χ0) is 14.9. The molecule has 0 aromatic carbocycles. The van der Waals surface area contributed by atoms with Crippen LogP contribution >= 0.6 is 12.2 Å². The van der Waals surface area contributed by atoms with Gasteiger partial charge in [0, 0.05) is 20.0 Å². The van der Waals surface area contributed by atoms with Gasteiger partial charge in [0.05, 0.1) is 16.2 Å². The minimum atomic E-state index is -0.633. The molecule has 7 heteroatoms. The molecule has 1 saturated heterocycles. The minimum Gasteiger partial charge on any atom is -0.436 e. The van der Waals surface area contributed by atoms with Crippen molar-refractivity contribution in [2.75, 3.05) is 20.1 Å². The topological polar surface area (TPSA) is 84.4 Å². The molecule has 1 aliphatic heterocycles. The third-order valence-corrected chi connectivity index (χ3v) is 4.17. The molecule has 1 aromatic heterocycles. The number of hydrogen-bond donors (Lipinski definition) is 2. The summed E-state index contributed by atoms with van der Waals surface area (Å²) < 4.78 is 5.35. The molecule has 6 nitrogen and oxygen atoms in total. The number of likely N-dealkylation sites (tertiary alicyclic amines) is 1. The molecule has 0 aliphatic carbocycles. The second-order valence-corrected chi connectivity index (χ2v) is 5.79. The number of piperidine rings is 1. The van der Waals surface area contributed by atoms with Crippen LogP contribution in [0.25, 0.3) is 0 Å². The largest absolute Gasteiger partial charge is 0.436 e. The number of nitrogens with zero attached hydrogens (tertiary/aromatic N) is 2. The number of carbonyl (C=O) groups is 1. The summed E-state index contributed by atoms with van der Waals surface area (Å²) in [5, 5.41) is 2.96. The third kappa shape index (κ3) is 2.83. The van der Waals surface area contributed by atoms with E-state index in [4.69, 9.17) is 22.4 Å². The van der Waals surface area contributed by atoms with Crippen molar-refractivity contribution in [3.63, 3.8) is 0 Å². The second kappa shape index (κ2) is 5.49. The van der Waals surface area contributed by atoms with Gasteiger partial charge in [0.15, 0.2) is 5.89 Å². The normalized spacial score (nSPS) is 18.8. The Morgan fingerprint density at radius 3 is 2.50 bits per heavy atom. The van der Waals surface area contributed by atoms with Crippen LogP contribution in [0.4, 0.5) is 0 Å². The molecule has 1 amide bonds. The zero-order valence-electron chi connectivity index (χ0n) is 12.0. The molecule has 3 N–H and O–H groups in total. The Hall–Kier alpha value is -1.47. The summed E-state index contributed by atoms with van der Waals surface area (Å²) in [5.74, 6) is 0.401. The highest BCUT2D eigenvalue weighted by Crippen LogP contribution is 2.23. The number of aryl methyl sites for hydroxylation is 2. The first-order chi connectivity index (χ1) is 9.34. The van der Waals surface area contributed by atoms with Crippen molar-refractivity contribution in [2.45, 2.75) is 32.2 Å². The molecule has 1 fully saturated rings. The van der Waals surface area contributed by atoms with Crippen molar-refractivity contribution in [1.29, 1.82) is 0 Å². The lowest BCUT2D eigenvalue weighted by Crippen LogP contribution is -2.61. The van der Waals surface area contributed by atoms with Crippen molar-refractivity contribution >= 4 is 23.1 Å². The first kappa shape index (κ1) is 14.9. The average Bonchev–Trinajstić information content (AvgIpc) is 2.71. The van der Waals surface area contributed by atoms with E-state index in [1.54, 1.807) is 13.8 Å². The number of nitrogens with two attached hydrogens (primary N) is 1. The maximum atomic E-state index is 12.4. The van der Waals surface area contributed by atoms with Gasteiger partial charge < -0.3 is 20.4 Å². The highest BCUT2D eigenvalue weighted by molar-refractivity contribution is 7.80. The molecule has 20 heavy (non-hydrogen) atoms. The molecule has 0 radical (unpaired) electrons. The van der Waals surface area contributed by atoms with Crippen molar-refractivity contribution < 1.29 is 9.21 Å². The lowest BCUT2D eigenvalue weighted by atomic mass is 9.87. The van der Waals surface area contributed by atoms with Crippen molar-refractivity contribution in [1.82, 2.24) is 15.2 Å². The van der Waals surface area contributed by atoms with Crippen LogP contribution in [0.2, 0.25) is 0 Å². The van der Waals surface area contributed by atoms with E-state index in [9.17, 15) is 4.79 Å². The number of oxazole rings is 1. The molecule has 0 bridgehead atoms. The predicted molar refractivity (Wildman–Crippen MR) is 79.7 cm³/mol. The molecular weight excluding hydrogens is 276 g/mol. The number of thiocarbonyl (C=S) groups is 1. The van der Waals surface area contributed by atoms with Crippen LogP contribution in [0.5, 0.6) is 0 Å². The molecule has 0 atom stereocenters. The predicted octanol–water partition coefficient (Wildman–Crippen LogP) is 0.772. The fourth-order valence-corrected chi connectivity index (χ4v) is 2.70. The van der Waals surface area contributed by atoms with E-state index in [2.05, 4.69) is 15.2 Å². The average molecular weight is 296 g/mol. The smallest absolute Gasteiger partial charge is 0.289 e. The Labute approximate surface area is 123 Å². The summed E-state index contributed by atoms with van der Waals surface area (Å²) in [6, 6.07) is 0. The molecule has 0 unspecified atom stereocenters. The molecule has 0 spiro atoms. The van der Waals surface area contributed by atoms with E-state index < -0.39 is 5.54 Å². The van der Waals surface area contributed by atoms with Gasteiger partial charge in [0.2, 0.25) is 5.76 Å². The lowest BCUT2D eigenvalue weighted by Gasteiger charge is -2.40. The second-order valence-electron chi connectivity index (χ2n) is 5.35. The monoisotopic (exact) mass is 296 g/mol. The first-order valence-electron chi connectivity index (χ1n) is 6.59. The standard InChI is InChI=1S/C13H20N4O2S/c1-8-10(19-9(2)15-8)11(18)16-13(12(14)20)4-6-17(3)7-5-13/h4-7H2,1-3H3,(H2,14,20)(H,16,18). The van der Waals surface area contributed by atoms with E-state index in [-0.39, 0.29) is 11.7 Å². The van der Waals surface area contributed by atoms with Gasteiger partial charge in [-0.2, -0.15) is 0 Å².